The van der Waals surface area contributed by atoms with Gasteiger partial charge in [-0.1, -0.05) is 29.8 Å². The first-order valence-corrected chi connectivity index (χ1v) is 11.2. The fourth-order valence-corrected chi connectivity index (χ4v) is 4.35. The predicted molar refractivity (Wildman–Crippen MR) is 118 cm³/mol. The Kier molecular flexibility index (Phi) is 6.67. The summed E-state index contributed by atoms with van der Waals surface area (Å²) in [4.78, 5) is 17.1. The van der Waals surface area contributed by atoms with E-state index in [0.717, 1.165) is 18.5 Å². The number of halogens is 1. The molecule has 30 heavy (non-hydrogen) atoms. The fourth-order valence-electron chi connectivity index (χ4n) is 3.68. The lowest BCUT2D eigenvalue weighted by Crippen LogP contribution is -2.44. The maximum atomic E-state index is 12.9. The molecule has 0 spiro atoms. The molecule has 2 aromatic carbocycles. The van der Waals surface area contributed by atoms with Gasteiger partial charge in [0.2, 0.25) is 0 Å². The van der Waals surface area contributed by atoms with Crippen molar-refractivity contribution < 1.29 is 14.3 Å². The van der Waals surface area contributed by atoms with Crippen LogP contribution in [0.25, 0.3) is 0 Å². The molecule has 1 saturated heterocycles. The second kappa shape index (κ2) is 9.60. The van der Waals surface area contributed by atoms with Gasteiger partial charge in [0, 0.05) is 41.1 Å². The van der Waals surface area contributed by atoms with Gasteiger partial charge < -0.3 is 14.8 Å². The number of amides is 1. The summed E-state index contributed by atoms with van der Waals surface area (Å²) >= 11 is 7.60. The molecule has 7 heteroatoms. The van der Waals surface area contributed by atoms with Crippen molar-refractivity contribution in [1.82, 2.24) is 10.3 Å². The van der Waals surface area contributed by atoms with E-state index in [9.17, 15) is 4.79 Å². The molecule has 1 aromatic heterocycles. The third-order valence-electron chi connectivity index (χ3n) is 5.46. The van der Waals surface area contributed by atoms with E-state index in [1.165, 1.54) is 16.9 Å². The number of ether oxygens (including phenoxy) is 2. The molecule has 5 nitrogen and oxygen atoms in total. The SMILES string of the molecule is O=C(NCC1(c2ccc(Cl)cc2)CCOCC1)c1cccc(OCc2cscn2)c1. The van der Waals surface area contributed by atoms with Gasteiger partial charge in [0.05, 0.1) is 11.2 Å². The largest absolute Gasteiger partial charge is 0.487 e. The Balaban J connectivity index is 1.43. The number of nitrogens with one attached hydrogen (secondary N) is 1. The smallest absolute Gasteiger partial charge is 0.251 e. The molecule has 0 aliphatic carbocycles. The summed E-state index contributed by atoms with van der Waals surface area (Å²) in [5, 5.41) is 5.78. The quantitative estimate of drug-likeness (QED) is 0.568. The molecule has 0 radical (unpaired) electrons. The molecular weight excluding hydrogens is 420 g/mol. The predicted octanol–water partition coefficient (Wildman–Crippen LogP) is 4.85. The highest BCUT2D eigenvalue weighted by Gasteiger charge is 2.35. The van der Waals surface area contributed by atoms with Gasteiger partial charge in [-0.05, 0) is 48.7 Å². The molecule has 1 aliphatic heterocycles. The second-order valence-corrected chi connectivity index (χ2v) is 8.53. The number of nitrogens with zero attached hydrogens (tertiary/aromatic N) is 1. The average molecular weight is 443 g/mol. The topological polar surface area (TPSA) is 60.5 Å². The number of rotatable bonds is 7. The van der Waals surface area contributed by atoms with Gasteiger partial charge >= 0.3 is 0 Å². The Morgan fingerprint density at radius 1 is 1.20 bits per heavy atom. The number of aromatic nitrogens is 1. The summed E-state index contributed by atoms with van der Waals surface area (Å²) in [6.07, 6.45) is 1.71. The summed E-state index contributed by atoms with van der Waals surface area (Å²) in [6.45, 7) is 2.28. The first-order valence-electron chi connectivity index (χ1n) is 9.87. The summed E-state index contributed by atoms with van der Waals surface area (Å²) in [6, 6.07) is 15.1. The minimum atomic E-state index is -0.156. The minimum absolute atomic E-state index is 0.117. The van der Waals surface area contributed by atoms with Gasteiger partial charge in [-0.15, -0.1) is 11.3 Å². The lowest BCUT2D eigenvalue weighted by Gasteiger charge is -2.38. The summed E-state index contributed by atoms with van der Waals surface area (Å²) in [7, 11) is 0. The van der Waals surface area contributed by atoms with Gasteiger partial charge in [-0.3, -0.25) is 4.79 Å². The molecule has 1 aliphatic rings. The summed E-state index contributed by atoms with van der Waals surface area (Å²) < 4.78 is 11.3. The van der Waals surface area contributed by atoms with Crippen LogP contribution in [0, 0.1) is 0 Å². The van der Waals surface area contributed by atoms with Crippen LogP contribution in [0.1, 0.15) is 34.5 Å². The van der Waals surface area contributed by atoms with Crippen molar-refractivity contribution in [2.75, 3.05) is 19.8 Å². The van der Waals surface area contributed by atoms with Crippen LogP contribution in [-0.2, 0) is 16.8 Å². The number of thiazole rings is 1. The normalized spacial score (nSPS) is 15.5. The van der Waals surface area contributed by atoms with Crippen molar-refractivity contribution >= 4 is 28.8 Å². The van der Waals surface area contributed by atoms with E-state index in [0.29, 0.717) is 42.7 Å². The van der Waals surface area contributed by atoms with Crippen molar-refractivity contribution in [3.8, 4) is 5.75 Å². The van der Waals surface area contributed by atoms with Crippen molar-refractivity contribution in [3.05, 3.63) is 81.3 Å². The number of benzene rings is 2. The molecule has 0 unspecified atom stereocenters. The van der Waals surface area contributed by atoms with Crippen LogP contribution in [0.2, 0.25) is 5.02 Å². The maximum Gasteiger partial charge on any atom is 0.251 e. The highest BCUT2D eigenvalue weighted by molar-refractivity contribution is 7.07. The Labute approximate surface area is 185 Å². The number of hydrogen-bond donors (Lipinski definition) is 1. The van der Waals surface area contributed by atoms with Crippen LogP contribution in [0.4, 0.5) is 0 Å². The molecular formula is C23H23ClN2O3S. The molecule has 0 bridgehead atoms. The molecule has 0 saturated carbocycles. The number of carbonyl (C=O) groups excluding carboxylic acids is 1. The third-order valence-corrected chi connectivity index (χ3v) is 6.35. The van der Waals surface area contributed by atoms with Gasteiger partial charge in [0.1, 0.15) is 12.4 Å². The van der Waals surface area contributed by atoms with E-state index in [1.807, 2.05) is 41.8 Å². The Bertz CT molecular complexity index is 970. The van der Waals surface area contributed by atoms with Gasteiger partial charge in [-0.25, -0.2) is 4.98 Å². The first kappa shape index (κ1) is 20.8. The molecule has 3 aromatic rings. The van der Waals surface area contributed by atoms with E-state index in [-0.39, 0.29) is 11.3 Å². The van der Waals surface area contributed by atoms with E-state index in [2.05, 4.69) is 10.3 Å². The van der Waals surface area contributed by atoms with Gasteiger partial charge in [0.25, 0.3) is 5.91 Å². The van der Waals surface area contributed by atoms with Crippen molar-refractivity contribution in [2.45, 2.75) is 24.9 Å². The van der Waals surface area contributed by atoms with Crippen LogP contribution in [0.3, 0.4) is 0 Å². The van der Waals surface area contributed by atoms with Crippen LogP contribution in [-0.4, -0.2) is 30.6 Å². The summed E-state index contributed by atoms with van der Waals surface area (Å²) in [5.41, 5.74) is 4.24. The minimum Gasteiger partial charge on any atom is -0.487 e. The fraction of sp³-hybridized carbons (Fsp3) is 0.304. The molecule has 1 N–H and O–H groups in total. The lowest BCUT2D eigenvalue weighted by atomic mass is 9.74. The van der Waals surface area contributed by atoms with Crippen molar-refractivity contribution in [2.24, 2.45) is 0 Å². The third kappa shape index (κ3) is 5.01. The Morgan fingerprint density at radius 3 is 2.73 bits per heavy atom. The highest BCUT2D eigenvalue weighted by atomic mass is 35.5. The van der Waals surface area contributed by atoms with Gasteiger partial charge in [0.15, 0.2) is 0 Å². The van der Waals surface area contributed by atoms with Crippen LogP contribution in [0.5, 0.6) is 5.75 Å². The maximum absolute atomic E-state index is 12.9. The van der Waals surface area contributed by atoms with Crippen LogP contribution in [0.15, 0.2) is 59.4 Å². The first-order chi connectivity index (χ1) is 14.6. The number of carbonyl (C=O) groups is 1. The van der Waals surface area contributed by atoms with E-state index in [1.54, 1.807) is 17.6 Å². The Hall–Kier alpha value is -2.41. The molecule has 1 fully saturated rings. The van der Waals surface area contributed by atoms with E-state index >= 15 is 0 Å². The molecule has 156 valence electrons. The summed E-state index contributed by atoms with van der Waals surface area (Å²) in [5.74, 6) is 0.531. The Morgan fingerprint density at radius 2 is 2.00 bits per heavy atom. The zero-order valence-corrected chi connectivity index (χ0v) is 18.0. The molecule has 4 rings (SSSR count). The standard InChI is InChI=1S/C23H23ClN2O3S/c24-19-6-4-18(5-7-19)23(8-10-28-11-9-23)15-25-22(27)17-2-1-3-21(12-17)29-13-20-14-30-16-26-20/h1-7,12,14,16H,8-11,13,15H2,(H,25,27). The van der Waals surface area contributed by atoms with Crippen molar-refractivity contribution in [1.29, 1.82) is 0 Å². The van der Waals surface area contributed by atoms with Crippen molar-refractivity contribution in [3.63, 3.8) is 0 Å². The molecule has 2 heterocycles. The zero-order valence-electron chi connectivity index (χ0n) is 16.5. The highest BCUT2D eigenvalue weighted by Crippen LogP contribution is 2.35. The molecule has 0 atom stereocenters. The lowest BCUT2D eigenvalue weighted by molar-refractivity contribution is 0.0487. The van der Waals surface area contributed by atoms with Crippen LogP contribution < -0.4 is 10.1 Å². The second-order valence-electron chi connectivity index (χ2n) is 7.38. The zero-order chi connectivity index (χ0) is 20.8. The van der Waals surface area contributed by atoms with Crippen LogP contribution >= 0.6 is 22.9 Å². The van der Waals surface area contributed by atoms with E-state index in [4.69, 9.17) is 21.1 Å². The monoisotopic (exact) mass is 442 g/mol. The number of hydrogen-bond acceptors (Lipinski definition) is 5. The molecule has 1 amide bonds. The van der Waals surface area contributed by atoms with E-state index < -0.39 is 0 Å². The van der Waals surface area contributed by atoms with Gasteiger partial charge in [-0.2, -0.15) is 0 Å². The average Bonchev–Trinajstić information content (AvgIpc) is 3.31.